The number of aryl methyl sites for hydroxylation is 2. The lowest BCUT2D eigenvalue weighted by atomic mass is 9.97. The van der Waals surface area contributed by atoms with E-state index in [0.717, 1.165) is 28.8 Å². The Balaban J connectivity index is 1.71. The summed E-state index contributed by atoms with van der Waals surface area (Å²) in [7, 11) is 0. The van der Waals surface area contributed by atoms with Gasteiger partial charge in [0.25, 0.3) is 0 Å². The third-order valence-electron chi connectivity index (χ3n) is 5.91. The van der Waals surface area contributed by atoms with Gasteiger partial charge in [-0.05, 0) is 48.6 Å². The van der Waals surface area contributed by atoms with Crippen LogP contribution in [0, 0.1) is 13.8 Å². The normalized spacial score (nSPS) is 11.6. The molecule has 0 aliphatic rings. The molecular weight excluding hydrogens is 404 g/mol. The summed E-state index contributed by atoms with van der Waals surface area (Å²) in [4.78, 5) is 15.7. The molecule has 0 spiro atoms. The second-order valence-corrected chi connectivity index (χ2v) is 8.48. The van der Waals surface area contributed by atoms with Crippen LogP contribution in [0.1, 0.15) is 33.9 Å². The maximum atomic E-state index is 13.8. The van der Waals surface area contributed by atoms with Crippen LogP contribution < -0.4 is 5.32 Å². The summed E-state index contributed by atoms with van der Waals surface area (Å²) in [6, 6.07) is 36.8. The predicted octanol–water partition coefficient (Wildman–Crippen LogP) is 7.32. The molecule has 0 heterocycles. The molecule has 33 heavy (non-hydrogen) atoms. The number of amides is 2. The van der Waals surface area contributed by atoms with Crippen molar-refractivity contribution in [3.05, 3.63) is 137 Å². The first-order valence-electron chi connectivity index (χ1n) is 11.4. The van der Waals surface area contributed by atoms with Gasteiger partial charge in [-0.25, -0.2) is 4.79 Å². The molecule has 0 saturated carbocycles. The van der Waals surface area contributed by atoms with E-state index in [4.69, 9.17) is 0 Å². The number of carbonyl (C=O) groups excluding carboxylic acids is 1. The van der Waals surface area contributed by atoms with Crippen molar-refractivity contribution in [1.29, 1.82) is 0 Å². The number of carbonyl (C=O) groups is 1. The van der Waals surface area contributed by atoms with Gasteiger partial charge in [-0.3, -0.25) is 0 Å². The third-order valence-corrected chi connectivity index (χ3v) is 5.91. The first-order chi connectivity index (χ1) is 16.1. The molecule has 1 unspecified atom stereocenters. The number of rotatable bonds is 7. The lowest BCUT2D eigenvalue weighted by molar-refractivity contribution is 0.183. The minimum Gasteiger partial charge on any atom is -0.313 e. The molecule has 0 aliphatic carbocycles. The zero-order valence-electron chi connectivity index (χ0n) is 19.2. The van der Waals surface area contributed by atoms with Gasteiger partial charge in [-0.15, -0.1) is 0 Å². The van der Waals surface area contributed by atoms with E-state index in [9.17, 15) is 4.79 Å². The lowest BCUT2D eigenvalue weighted by Gasteiger charge is -2.33. The highest BCUT2D eigenvalue weighted by Crippen LogP contribution is 2.28. The monoisotopic (exact) mass is 434 g/mol. The smallest absolute Gasteiger partial charge is 0.313 e. The van der Waals surface area contributed by atoms with Crippen molar-refractivity contribution in [3.8, 4) is 0 Å². The maximum Gasteiger partial charge on any atom is 0.322 e. The largest absolute Gasteiger partial charge is 0.322 e. The quantitative estimate of drug-likeness (QED) is 0.325. The van der Waals surface area contributed by atoms with E-state index in [1.54, 1.807) is 0 Å². The molecule has 0 aliphatic heterocycles. The van der Waals surface area contributed by atoms with Gasteiger partial charge in [0, 0.05) is 12.2 Å². The summed E-state index contributed by atoms with van der Waals surface area (Å²) in [5.41, 5.74) is 6.49. The highest BCUT2D eigenvalue weighted by Gasteiger charge is 2.26. The summed E-state index contributed by atoms with van der Waals surface area (Å²) < 4.78 is 0. The number of urea groups is 1. The van der Waals surface area contributed by atoms with Crippen molar-refractivity contribution in [2.45, 2.75) is 32.9 Å². The Labute approximate surface area is 196 Å². The van der Waals surface area contributed by atoms with Crippen LogP contribution in [0.4, 0.5) is 10.5 Å². The van der Waals surface area contributed by atoms with E-state index in [0.29, 0.717) is 6.54 Å². The molecule has 166 valence electrons. The van der Waals surface area contributed by atoms with Gasteiger partial charge in [-0.1, -0.05) is 109 Å². The molecule has 4 aromatic carbocycles. The SMILES string of the molecule is Cc1ccc(NC(=O)N(Cc2ccccc2)C(Cc2ccccc2)c2ccccc2)c(C)c1. The second kappa shape index (κ2) is 10.6. The van der Waals surface area contributed by atoms with Crippen molar-refractivity contribution in [1.82, 2.24) is 4.90 Å². The van der Waals surface area contributed by atoms with Gasteiger partial charge in [0.05, 0.1) is 6.04 Å². The molecule has 1 N–H and O–H groups in total. The summed E-state index contributed by atoms with van der Waals surface area (Å²) >= 11 is 0. The van der Waals surface area contributed by atoms with Gasteiger partial charge in [0.2, 0.25) is 0 Å². The number of hydrogen-bond donors (Lipinski definition) is 1. The highest BCUT2D eigenvalue weighted by molar-refractivity contribution is 5.90. The van der Waals surface area contributed by atoms with E-state index in [-0.39, 0.29) is 12.1 Å². The summed E-state index contributed by atoms with van der Waals surface area (Å²) in [5, 5.41) is 3.18. The fourth-order valence-corrected chi connectivity index (χ4v) is 4.17. The van der Waals surface area contributed by atoms with Gasteiger partial charge in [0.1, 0.15) is 0 Å². The second-order valence-electron chi connectivity index (χ2n) is 8.48. The Morgan fingerprint density at radius 1 is 0.758 bits per heavy atom. The van der Waals surface area contributed by atoms with Gasteiger partial charge in [0.15, 0.2) is 0 Å². The van der Waals surface area contributed by atoms with Crippen LogP contribution in [0.25, 0.3) is 0 Å². The van der Waals surface area contributed by atoms with E-state index in [1.165, 1.54) is 11.1 Å². The van der Waals surface area contributed by atoms with Crippen LogP contribution in [-0.2, 0) is 13.0 Å². The predicted molar refractivity (Wildman–Crippen MR) is 136 cm³/mol. The Morgan fingerprint density at radius 2 is 1.33 bits per heavy atom. The number of benzene rings is 4. The van der Waals surface area contributed by atoms with Crippen LogP contribution >= 0.6 is 0 Å². The summed E-state index contributed by atoms with van der Waals surface area (Å²) in [6.45, 7) is 4.61. The lowest BCUT2D eigenvalue weighted by Crippen LogP contribution is -2.38. The molecule has 0 saturated heterocycles. The van der Waals surface area contributed by atoms with Gasteiger partial charge >= 0.3 is 6.03 Å². The number of anilines is 1. The molecular formula is C30H30N2O. The standard InChI is InChI=1S/C30H30N2O/c1-23-18-19-28(24(2)20-23)31-30(33)32(22-26-14-8-4-9-15-26)29(27-16-10-5-11-17-27)21-25-12-6-3-7-13-25/h3-20,29H,21-22H2,1-2H3,(H,31,33). The number of nitrogens with zero attached hydrogens (tertiary/aromatic N) is 1. The first kappa shape index (κ1) is 22.3. The average Bonchev–Trinajstić information content (AvgIpc) is 2.85. The summed E-state index contributed by atoms with van der Waals surface area (Å²) in [5.74, 6) is 0. The average molecular weight is 435 g/mol. The van der Waals surface area contributed by atoms with Crippen LogP contribution in [0.5, 0.6) is 0 Å². The Morgan fingerprint density at radius 3 is 1.94 bits per heavy atom. The van der Waals surface area contributed by atoms with Crippen LogP contribution in [0.3, 0.4) is 0 Å². The zero-order chi connectivity index (χ0) is 23.0. The van der Waals surface area contributed by atoms with Crippen LogP contribution in [-0.4, -0.2) is 10.9 Å². The van der Waals surface area contributed by atoms with E-state index < -0.39 is 0 Å². The van der Waals surface area contributed by atoms with Gasteiger partial charge in [-0.2, -0.15) is 0 Å². The zero-order valence-corrected chi connectivity index (χ0v) is 19.2. The molecule has 0 bridgehead atoms. The fourth-order valence-electron chi connectivity index (χ4n) is 4.17. The molecule has 0 fully saturated rings. The number of hydrogen-bond acceptors (Lipinski definition) is 1. The fraction of sp³-hybridized carbons (Fsp3) is 0.167. The Bertz CT molecular complexity index is 1170. The molecule has 4 rings (SSSR count). The minimum absolute atomic E-state index is 0.101. The topological polar surface area (TPSA) is 32.3 Å². The van der Waals surface area contributed by atoms with Crippen molar-refractivity contribution in [3.63, 3.8) is 0 Å². The molecule has 3 heteroatoms. The Kier molecular flexibility index (Phi) is 7.21. The minimum atomic E-state index is -0.112. The van der Waals surface area contributed by atoms with Crippen molar-refractivity contribution < 1.29 is 4.79 Å². The van der Waals surface area contributed by atoms with Crippen LogP contribution in [0.2, 0.25) is 0 Å². The molecule has 0 radical (unpaired) electrons. The van der Waals surface area contributed by atoms with E-state index >= 15 is 0 Å². The molecule has 4 aromatic rings. The molecule has 1 atom stereocenters. The molecule has 2 amide bonds. The number of nitrogens with one attached hydrogen (secondary N) is 1. The molecule has 0 aromatic heterocycles. The van der Waals surface area contributed by atoms with Gasteiger partial charge < -0.3 is 10.2 Å². The first-order valence-corrected chi connectivity index (χ1v) is 11.4. The van der Waals surface area contributed by atoms with Crippen molar-refractivity contribution in [2.75, 3.05) is 5.32 Å². The third kappa shape index (κ3) is 5.89. The van der Waals surface area contributed by atoms with E-state index in [2.05, 4.69) is 66.8 Å². The van der Waals surface area contributed by atoms with E-state index in [1.807, 2.05) is 66.4 Å². The summed E-state index contributed by atoms with van der Waals surface area (Å²) in [6.07, 6.45) is 0.734. The molecule has 3 nitrogen and oxygen atoms in total. The van der Waals surface area contributed by atoms with Crippen molar-refractivity contribution in [2.24, 2.45) is 0 Å². The highest BCUT2D eigenvalue weighted by atomic mass is 16.2. The van der Waals surface area contributed by atoms with Crippen LogP contribution in [0.15, 0.2) is 109 Å². The Hall–Kier alpha value is -3.85. The van der Waals surface area contributed by atoms with Crippen molar-refractivity contribution >= 4 is 11.7 Å². The maximum absolute atomic E-state index is 13.8.